The van der Waals surface area contributed by atoms with Gasteiger partial charge in [-0.3, -0.25) is 5.32 Å². The normalized spacial score (nSPS) is 20.4. The Kier molecular flexibility index (Phi) is 6.27. The van der Waals surface area contributed by atoms with E-state index in [2.05, 4.69) is 155 Å². The highest BCUT2D eigenvalue weighted by Crippen LogP contribution is 2.46. The zero-order chi connectivity index (χ0) is 31.6. The van der Waals surface area contributed by atoms with Crippen molar-refractivity contribution in [3.63, 3.8) is 0 Å². The van der Waals surface area contributed by atoms with Gasteiger partial charge in [0, 0.05) is 33.3 Å². The maximum absolute atomic E-state index is 6.74. The standard InChI is InChI=1S/C43H34N4O/c1-3-13-27(14-4-1)41-44-42(28-15-5-2-6-16-28)46-43(45-41)29-23-25-30(26-24-29)47-35-21-11-9-19-33(35)38-39(47)32-18-8-7-17-31(32)37-34-20-10-12-22-36(34)48-40(37)38/h1-9,11-15,17-19,21-26,28,41,43,45H,10,16,20H2,(H,44,46). The Morgan fingerprint density at radius 2 is 1.52 bits per heavy atom. The summed E-state index contributed by atoms with van der Waals surface area (Å²) in [5.74, 6) is 2.25. The first-order valence-corrected chi connectivity index (χ1v) is 17.0. The molecule has 3 heterocycles. The molecule has 5 heteroatoms. The van der Waals surface area contributed by atoms with Gasteiger partial charge in [0.25, 0.3) is 0 Å². The van der Waals surface area contributed by atoms with Crippen LogP contribution in [0.4, 0.5) is 0 Å². The van der Waals surface area contributed by atoms with Crippen LogP contribution in [-0.2, 0) is 6.42 Å². The minimum absolute atomic E-state index is 0.0860. The third-order valence-corrected chi connectivity index (χ3v) is 10.2. The molecular weight excluding hydrogens is 589 g/mol. The van der Waals surface area contributed by atoms with Gasteiger partial charge in [0.15, 0.2) is 0 Å². The van der Waals surface area contributed by atoms with Crippen molar-refractivity contribution in [3.05, 3.63) is 156 Å². The largest absolute Gasteiger partial charge is 0.456 e. The third kappa shape index (κ3) is 4.24. The monoisotopic (exact) mass is 622 g/mol. The number of furan rings is 1. The van der Waals surface area contributed by atoms with Gasteiger partial charge in [-0.15, -0.1) is 0 Å². The lowest BCUT2D eigenvalue weighted by atomic mass is 9.95. The number of allylic oxidation sites excluding steroid dienone is 4. The van der Waals surface area contributed by atoms with E-state index in [4.69, 9.17) is 9.41 Å². The van der Waals surface area contributed by atoms with Crippen LogP contribution in [0.3, 0.4) is 0 Å². The summed E-state index contributed by atoms with van der Waals surface area (Å²) in [6.07, 6.45) is 15.9. The molecule has 1 aliphatic heterocycles. The second kappa shape index (κ2) is 11.0. The highest BCUT2D eigenvalue weighted by molar-refractivity contribution is 6.31. The van der Waals surface area contributed by atoms with Crippen LogP contribution >= 0.6 is 0 Å². The summed E-state index contributed by atoms with van der Waals surface area (Å²) < 4.78 is 9.16. The van der Waals surface area contributed by atoms with Crippen molar-refractivity contribution in [2.75, 3.05) is 0 Å². The minimum atomic E-state index is -0.133. The van der Waals surface area contributed by atoms with Gasteiger partial charge in [-0.25, -0.2) is 4.99 Å². The number of hydrogen-bond donors (Lipinski definition) is 2. The quantitative estimate of drug-likeness (QED) is 0.205. The highest BCUT2D eigenvalue weighted by atomic mass is 16.3. The molecule has 0 fully saturated rings. The van der Waals surface area contributed by atoms with Crippen molar-refractivity contribution in [3.8, 4) is 5.69 Å². The number of benzene rings is 5. The molecule has 0 bridgehead atoms. The molecule has 3 aliphatic rings. The molecule has 5 nitrogen and oxygen atoms in total. The van der Waals surface area contributed by atoms with E-state index >= 15 is 0 Å². The van der Waals surface area contributed by atoms with Gasteiger partial charge in [-0.2, -0.15) is 0 Å². The zero-order valence-electron chi connectivity index (χ0n) is 26.4. The van der Waals surface area contributed by atoms with Crippen molar-refractivity contribution >= 4 is 55.5 Å². The molecule has 3 atom stereocenters. The number of para-hydroxylation sites is 1. The van der Waals surface area contributed by atoms with Crippen molar-refractivity contribution < 1.29 is 4.42 Å². The molecule has 48 heavy (non-hydrogen) atoms. The van der Waals surface area contributed by atoms with Crippen molar-refractivity contribution in [1.29, 1.82) is 0 Å². The predicted octanol–water partition coefficient (Wildman–Crippen LogP) is 10.1. The molecule has 3 unspecified atom stereocenters. The van der Waals surface area contributed by atoms with E-state index < -0.39 is 0 Å². The number of amidine groups is 1. The Bertz CT molecular complexity index is 2490. The molecule has 10 rings (SSSR count). The summed E-state index contributed by atoms with van der Waals surface area (Å²) in [5, 5.41) is 13.7. The fraction of sp³-hybridized carbons (Fsp3) is 0.140. The van der Waals surface area contributed by atoms with Gasteiger partial charge in [0.1, 0.15) is 29.5 Å². The third-order valence-electron chi connectivity index (χ3n) is 10.2. The van der Waals surface area contributed by atoms with Crippen LogP contribution in [0.2, 0.25) is 0 Å². The fourth-order valence-electron chi connectivity index (χ4n) is 7.99. The Balaban J connectivity index is 1.12. The van der Waals surface area contributed by atoms with Crippen molar-refractivity contribution in [1.82, 2.24) is 15.2 Å². The highest BCUT2D eigenvalue weighted by Gasteiger charge is 2.29. The van der Waals surface area contributed by atoms with E-state index in [0.717, 1.165) is 47.7 Å². The van der Waals surface area contributed by atoms with Gasteiger partial charge < -0.3 is 14.3 Å². The summed E-state index contributed by atoms with van der Waals surface area (Å²) in [6.45, 7) is 0. The van der Waals surface area contributed by atoms with Gasteiger partial charge in [0.2, 0.25) is 0 Å². The van der Waals surface area contributed by atoms with Crippen LogP contribution in [0.1, 0.15) is 47.6 Å². The van der Waals surface area contributed by atoms with Crippen molar-refractivity contribution in [2.24, 2.45) is 10.9 Å². The summed E-state index contributed by atoms with van der Waals surface area (Å²) in [4.78, 5) is 5.15. The first-order chi connectivity index (χ1) is 23.8. The first kappa shape index (κ1) is 27.5. The Morgan fingerprint density at radius 3 is 2.35 bits per heavy atom. The SMILES string of the molecule is C1=CCC(C2=NC(c3ccccc3)NC(c3ccc(-n4c5ccccc5c5c6oc7c(c6c6ccccc6c54)CCC=C7)cc3)N2)C=C1. The zero-order valence-corrected chi connectivity index (χ0v) is 26.4. The van der Waals surface area contributed by atoms with E-state index in [0.29, 0.717) is 0 Å². The number of hydrogen-bond acceptors (Lipinski definition) is 4. The molecule has 0 amide bonds. The Labute approximate surface area is 278 Å². The molecule has 7 aromatic rings. The van der Waals surface area contributed by atoms with Crippen LogP contribution < -0.4 is 10.6 Å². The van der Waals surface area contributed by atoms with E-state index in [9.17, 15) is 0 Å². The number of aliphatic imine (C=N–C) groups is 1. The second-order valence-electron chi connectivity index (χ2n) is 13.0. The van der Waals surface area contributed by atoms with E-state index in [-0.39, 0.29) is 18.2 Å². The van der Waals surface area contributed by atoms with Gasteiger partial charge in [0.05, 0.1) is 16.4 Å². The molecule has 2 aliphatic carbocycles. The molecule has 2 N–H and O–H groups in total. The van der Waals surface area contributed by atoms with Crippen LogP contribution in [-0.4, -0.2) is 10.4 Å². The first-order valence-electron chi connectivity index (χ1n) is 17.0. The summed E-state index contributed by atoms with van der Waals surface area (Å²) >= 11 is 0. The van der Waals surface area contributed by atoms with E-state index in [1.54, 1.807) is 0 Å². The molecule has 5 aromatic carbocycles. The Hall–Kier alpha value is -5.65. The Morgan fingerprint density at radius 1 is 0.729 bits per heavy atom. The van der Waals surface area contributed by atoms with Crippen LogP contribution in [0.15, 0.2) is 143 Å². The number of nitrogens with one attached hydrogen (secondary N) is 2. The molecular formula is C43H34N4O. The summed E-state index contributed by atoms with van der Waals surface area (Å²) in [6, 6.07) is 37.1. The lowest BCUT2D eigenvalue weighted by molar-refractivity contribution is 0.399. The van der Waals surface area contributed by atoms with Crippen molar-refractivity contribution in [2.45, 2.75) is 31.6 Å². The molecule has 0 radical (unpaired) electrons. The summed E-state index contributed by atoms with van der Waals surface area (Å²) in [5.41, 5.74) is 8.13. The van der Waals surface area contributed by atoms with Crippen LogP contribution in [0.25, 0.3) is 55.3 Å². The maximum Gasteiger partial charge on any atom is 0.145 e. The smallest absolute Gasteiger partial charge is 0.145 e. The van der Waals surface area contributed by atoms with Gasteiger partial charge in [-0.1, -0.05) is 115 Å². The lowest BCUT2D eigenvalue weighted by Gasteiger charge is -2.34. The van der Waals surface area contributed by atoms with E-state index in [1.165, 1.54) is 49.1 Å². The second-order valence-corrected chi connectivity index (χ2v) is 13.0. The number of aryl methyl sites for hydroxylation is 1. The predicted molar refractivity (Wildman–Crippen MR) is 197 cm³/mol. The van der Waals surface area contributed by atoms with E-state index in [1.807, 2.05) is 0 Å². The number of nitrogens with zero attached hydrogens (tertiary/aromatic N) is 2. The number of aromatic nitrogens is 1. The summed E-state index contributed by atoms with van der Waals surface area (Å²) in [7, 11) is 0. The maximum atomic E-state index is 6.74. The minimum Gasteiger partial charge on any atom is -0.456 e. The molecule has 2 aromatic heterocycles. The molecule has 0 saturated carbocycles. The number of rotatable bonds is 4. The molecule has 0 spiro atoms. The molecule has 0 saturated heterocycles. The number of fused-ring (bicyclic) bond motifs is 10. The average molecular weight is 623 g/mol. The van der Waals surface area contributed by atoms with Gasteiger partial charge >= 0.3 is 0 Å². The fourth-order valence-corrected chi connectivity index (χ4v) is 7.99. The van der Waals surface area contributed by atoms with Crippen LogP contribution in [0.5, 0.6) is 0 Å². The van der Waals surface area contributed by atoms with Gasteiger partial charge in [-0.05, 0) is 60.1 Å². The average Bonchev–Trinajstić information content (AvgIpc) is 3.72. The van der Waals surface area contributed by atoms with Crippen LogP contribution in [0, 0.1) is 5.92 Å². The lowest BCUT2D eigenvalue weighted by Crippen LogP contribution is -2.47. The topological polar surface area (TPSA) is 54.5 Å². The molecule has 232 valence electrons.